The molecule has 0 spiro atoms. The summed E-state index contributed by atoms with van der Waals surface area (Å²) in [6.07, 6.45) is 4.77. The Labute approximate surface area is 244 Å². The molecule has 1 fully saturated rings. The first kappa shape index (κ1) is 28.8. The molecule has 3 aromatic carbocycles. The van der Waals surface area contributed by atoms with Crippen LogP contribution in [0, 0.1) is 12.3 Å². The summed E-state index contributed by atoms with van der Waals surface area (Å²) < 4.78 is 13.0. The van der Waals surface area contributed by atoms with Gasteiger partial charge in [0.25, 0.3) is 5.56 Å². The Morgan fingerprint density at radius 3 is 2.19 bits per heavy atom. The number of carbonyl (C=O) groups excluding carboxylic acids is 1. The molecule has 5 rings (SSSR count). The number of hydrogen-bond acceptors (Lipinski definition) is 7. The zero-order chi connectivity index (χ0) is 30.7. The van der Waals surface area contributed by atoms with Gasteiger partial charge in [0, 0.05) is 18.2 Å². The van der Waals surface area contributed by atoms with Crippen LogP contribution in [-0.2, 0) is 14.9 Å². The molecule has 11 heteroatoms. The lowest BCUT2D eigenvalue weighted by Gasteiger charge is -2.37. The van der Waals surface area contributed by atoms with Crippen LogP contribution in [0.1, 0.15) is 54.3 Å². The maximum absolute atomic E-state index is 13.1. The van der Waals surface area contributed by atoms with Gasteiger partial charge in [0.05, 0.1) is 16.7 Å². The van der Waals surface area contributed by atoms with Crippen LogP contribution in [0.5, 0.6) is 0 Å². The van der Waals surface area contributed by atoms with E-state index in [0.717, 1.165) is 16.8 Å². The van der Waals surface area contributed by atoms with E-state index in [0.29, 0.717) is 0 Å². The monoisotopic (exact) mass is 580 g/mol. The van der Waals surface area contributed by atoms with Gasteiger partial charge in [-0.1, -0.05) is 60.5 Å². The van der Waals surface area contributed by atoms with E-state index in [4.69, 9.17) is 15.9 Å². The highest BCUT2D eigenvalue weighted by Gasteiger charge is 2.60. The standard InChI is InChI=1S/C32H24N2O9/c1-2-32(23-15-9-8-14-22(23)28(38)39)26(20-12-6-7-13-21(20)27(36)37)24(18-42-29(40)19-10-4-3-5-11-19)43-30(32)34-17-16-25(35)33-31(34)41/h1,3-17,24,26,30H,18H2,(H,36,37)(H,38,39)(H,33,35,41)/t24-,26-,30+,32+/m0/s1. The van der Waals surface area contributed by atoms with Crippen LogP contribution in [0.4, 0.5) is 0 Å². The fraction of sp³-hybridized carbons (Fsp3) is 0.156. The van der Waals surface area contributed by atoms with Gasteiger partial charge in [0.1, 0.15) is 18.1 Å². The van der Waals surface area contributed by atoms with Crippen molar-refractivity contribution in [2.45, 2.75) is 23.7 Å². The Morgan fingerprint density at radius 2 is 1.53 bits per heavy atom. The van der Waals surface area contributed by atoms with Crippen molar-refractivity contribution in [1.29, 1.82) is 0 Å². The summed E-state index contributed by atoms with van der Waals surface area (Å²) in [5.74, 6) is -1.82. The molecule has 43 heavy (non-hydrogen) atoms. The highest BCUT2D eigenvalue weighted by molar-refractivity contribution is 5.92. The number of aromatic nitrogens is 2. The van der Waals surface area contributed by atoms with Gasteiger partial charge in [-0.05, 0) is 35.4 Å². The van der Waals surface area contributed by atoms with Crippen molar-refractivity contribution in [2.24, 2.45) is 0 Å². The van der Waals surface area contributed by atoms with Crippen molar-refractivity contribution in [1.82, 2.24) is 9.55 Å². The fourth-order valence-electron chi connectivity index (χ4n) is 5.62. The number of nitrogens with zero attached hydrogens (tertiary/aromatic N) is 1. The first-order valence-electron chi connectivity index (χ1n) is 13.0. The van der Waals surface area contributed by atoms with Gasteiger partial charge < -0.3 is 19.7 Å². The lowest BCUT2D eigenvalue weighted by molar-refractivity contribution is -0.0437. The van der Waals surface area contributed by atoms with Crippen molar-refractivity contribution in [3.8, 4) is 12.3 Å². The second kappa shape index (κ2) is 11.6. The van der Waals surface area contributed by atoms with E-state index in [9.17, 15) is 34.2 Å². The van der Waals surface area contributed by atoms with Gasteiger partial charge in [-0.15, -0.1) is 6.42 Å². The van der Waals surface area contributed by atoms with E-state index in [-0.39, 0.29) is 27.8 Å². The molecule has 1 saturated heterocycles. The molecule has 3 N–H and O–H groups in total. The van der Waals surface area contributed by atoms with Crippen LogP contribution in [0.25, 0.3) is 0 Å². The Balaban J connectivity index is 1.78. The molecular formula is C32H24N2O9. The molecule has 0 unspecified atom stereocenters. The molecule has 0 saturated carbocycles. The van der Waals surface area contributed by atoms with Crippen molar-refractivity contribution in [2.75, 3.05) is 6.61 Å². The number of rotatable bonds is 8. The van der Waals surface area contributed by atoms with E-state index in [1.807, 2.05) is 0 Å². The van der Waals surface area contributed by atoms with Crippen LogP contribution in [0.15, 0.2) is 101 Å². The number of carboxylic acid groups (broad SMARTS) is 2. The predicted molar refractivity (Wildman–Crippen MR) is 152 cm³/mol. The smallest absolute Gasteiger partial charge is 0.338 e. The van der Waals surface area contributed by atoms with E-state index >= 15 is 0 Å². The third-order valence-corrected chi connectivity index (χ3v) is 7.42. The summed E-state index contributed by atoms with van der Waals surface area (Å²) in [5, 5.41) is 20.3. The number of carbonyl (C=O) groups is 3. The molecule has 0 radical (unpaired) electrons. The first-order valence-corrected chi connectivity index (χ1v) is 13.0. The largest absolute Gasteiger partial charge is 0.478 e. The van der Waals surface area contributed by atoms with Gasteiger partial charge in [-0.3, -0.25) is 14.3 Å². The van der Waals surface area contributed by atoms with Crippen molar-refractivity contribution >= 4 is 17.9 Å². The highest BCUT2D eigenvalue weighted by atomic mass is 16.6. The normalized spacial score (nSPS) is 21.0. The number of hydrogen-bond donors (Lipinski definition) is 3. The summed E-state index contributed by atoms with van der Waals surface area (Å²) in [6, 6.07) is 21.0. The Bertz CT molecular complexity index is 1870. The van der Waals surface area contributed by atoms with Gasteiger partial charge in [0.2, 0.25) is 0 Å². The van der Waals surface area contributed by atoms with E-state index < -0.39 is 59.4 Å². The zero-order valence-corrected chi connectivity index (χ0v) is 22.4. The number of aromatic amines is 1. The fourth-order valence-corrected chi connectivity index (χ4v) is 5.62. The minimum Gasteiger partial charge on any atom is -0.478 e. The van der Waals surface area contributed by atoms with Crippen molar-refractivity contribution in [3.63, 3.8) is 0 Å². The molecule has 0 amide bonds. The summed E-state index contributed by atoms with van der Waals surface area (Å²) in [5.41, 5.74) is -3.38. The topological polar surface area (TPSA) is 165 Å². The van der Waals surface area contributed by atoms with Gasteiger partial charge in [-0.2, -0.15) is 0 Å². The molecule has 1 aliphatic rings. The molecule has 216 valence electrons. The average Bonchev–Trinajstić information content (AvgIpc) is 3.34. The lowest BCUT2D eigenvalue weighted by atomic mass is 9.64. The highest BCUT2D eigenvalue weighted by Crippen LogP contribution is 2.56. The molecule has 4 aromatic rings. The maximum atomic E-state index is 13.1. The summed E-state index contributed by atoms with van der Waals surface area (Å²) in [6.45, 7) is -0.445. The Hall–Kier alpha value is -5.73. The summed E-state index contributed by atoms with van der Waals surface area (Å²) in [4.78, 5) is 65.0. The Kier molecular flexibility index (Phi) is 7.79. The van der Waals surface area contributed by atoms with Gasteiger partial charge in [-0.25, -0.2) is 19.2 Å². The third kappa shape index (κ3) is 5.11. The molecule has 2 heterocycles. The van der Waals surface area contributed by atoms with Gasteiger partial charge in [0.15, 0.2) is 6.23 Å². The first-order chi connectivity index (χ1) is 20.7. The lowest BCUT2D eigenvalue weighted by Crippen LogP contribution is -2.43. The van der Waals surface area contributed by atoms with E-state index in [1.54, 1.807) is 42.5 Å². The van der Waals surface area contributed by atoms with Crippen molar-refractivity contribution < 1.29 is 34.1 Å². The molecule has 1 aliphatic heterocycles. The van der Waals surface area contributed by atoms with E-state index in [2.05, 4.69) is 10.9 Å². The van der Waals surface area contributed by atoms with Crippen LogP contribution in [-0.4, -0.2) is 50.4 Å². The second-order valence-corrected chi connectivity index (χ2v) is 9.74. The number of H-pyrrole nitrogens is 1. The molecule has 0 aliphatic carbocycles. The number of nitrogens with one attached hydrogen (secondary N) is 1. The quantitative estimate of drug-likeness (QED) is 0.210. The van der Waals surface area contributed by atoms with Crippen LogP contribution < -0.4 is 11.2 Å². The SMILES string of the molecule is C#C[C@@]1(c2ccccc2C(=O)O)[C@@H](c2ccccc2C(=O)O)[C@H](COC(=O)c2ccccc2)O[C@H]1n1ccc(=O)[nH]c1=O. The van der Waals surface area contributed by atoms with Crippen LogP contribution in [0.2, 0.25) is 0 Å². The number of aromatic carboxylic acids is 2. The number of terminal acetylenes is 1. The third-order valence-electron chi connectivity index (χ3n) is 7.42. The Morgan fingerprint density at radius 1 is 0.907 bits per heavy atom. The predicted octanol–water partition coefficient (Wildman–Crippen LogP) is 3.04. The van der Waals surface area contributed by atoms with Crippen molar-refractivity contribution in [3.05, 3.63) is 140 Å². The average molecular weight is 581 g/mol. The molecular weight excluding hydrogens is 556 g/mol. The number of ether oxygens (including phenoxy) is 2. The van der Waals surface area contributed by atoms with Crippen LogP contribution in [0.3, 0.4) is 0 Å². The second-order valence-electron chi connectivity index (χ2n) is 9.74. The zero-order valence-electron chi connectivity index (χ0n) is 22.4. The molecule has 11 nitrogen and oxygen atoms in total. The molecule has 1 aromatic heterocycles. The number of benzene rings is 3. The maximum Gasteiger partial charge on any atom is 0.338 e. The minimum absolute atomic E-state index is 0.0511. The molecule has 0 bridgehead atoms. The van der Waals surface area contributed by atoms with Crippen LogP contribution >= 0.6 is 0 Å². The van der Waals surface area contributed by atoms with Gasteiger partial charge >= 0.3 is 23.6 Å². The summed E-state index contributed by atoms with van der Waals surface area (Å²) in [7, 11) is 0. The van der Waals surface area contributed by atoms with E-state index in [1.165, 1.54) is 36.4 Å². The number of esters is 1. The molecule has 4 atom stereocenters. The summed E-state index contributed by atoms with van der Waals surface area (Å²) >= 11 is 0. The number of carboxylic acids is 2. The minimum atomic E-state index is -1.87.